The number of rotatable bonds is 2. The van der Waals surface area contributed by atoms with Crippen LogP contribution in [0.15, 0.2) is 29.4 Å². The van der Waals surface area contributed by atoms with E-state index >= 15 is 0 Å². The molecule has 0 amide bonds. The fourth-order valence-electron chi connectivity index (χ4n) is 0.721. The van der Waals surface area contributed by atoms with E-state index in [1.165, 1.54) is 42.9 Å². The lowest BCUT2D eigenvalue weighted by molar-refractivity contribution is 0.520. The third-order valence-corrected chi connectivity index (χ3v) is 3.26. The molecule has 0 aliphatic rings. The first-order chi connectivity index (χ1) is 5.55. The number of hydrogen-bond acceptors (Lipinski definition) is 3. The number of sulfonamides is 1. The molecule has 0 saturated carbocycles. The van der Waals surface area contributed by atoms with Gasteiger partial charge >= 0.3 is 0 Å². The molecule has 0 saturated heterocycles. The lowest BCUT2D eigenvalue weighted by atomic mass is 10.5. The Morgan fingerprint density at radius 2 is 1.75 bits per heavy atom. The van der Waals surface area contributed by atoms with Crippen molar-refractivity contribution in [2.45, 2.75) is 4.90 Å². The molecule has 1 aromatic heterocycles. The van der Waals surface area contributed by atoms with E-state index in [0.717, 1.165) is 0 Å². The summed E-state index contributed by atoms with van der Waals surface area (Å²) >= 11 is 0. The lowest BCUT2D eigenvalue weighted by Crippen LogP contribution is -2.22. The fraction of sp³-hybridized carbons (Fsp3) is 0.286. The first-order valence-corrected chi connectivity index (χ1v) is 4.81. The lowest BCUT2D eigenvalue weighted by Gasteiger charge is -2.09. The van der Waals surface area contributed by atoms with Gasteiger partial charge in [-0.3, -0.25) is 4.98 Å². The zero-order valence-electron chi connectivity index (χ0n) is 6.93. The van der Waals surface area contributed by atoms with Gasteiger partial charge in [-0.1, -0.05) is 0 Å². The summed E-state index contributed by atoms with van der Waals surface area (Å²) in [4.78, 5) is 4.00. The number of nitrogens with zero attached hydrogens (tertiary/aromatic N) is 2. The van der Waals surface area contributed by atoms with E-state index in [-0.39, 0.29) is 4.90 Å². The molecule has 0 bridgehead atoms. The van der Waals surface area contributed by atoms with E-state index in [1.807, 2.05) is 0 Å². The second-order valence-corrected chi connectivity index (χ2v) is 4.62. The molecule has 1 rings (SSSR count). The van der Waals surface area contributed by atoms with Gasteiger partial charge in [-0.2, -0.15) is 0 Å². The van der Waals surface area contributed by atoms with Crippen molar-refractivity contribution in [2.75, 3.05) is 14.1 Å². The van der Waals surface area contributed by atoms with Crippen LogP contribution in [0.1, 0.15) is 0 Å². The molecule has 0 unspecified atom stereocenters. The monoisotopic (exact) mass is 186 g/mol. The van der Waals surface area contributed by atoms with E-state index in [1.54, 1.807) is 0 Å². The Morgan fingerprint density at radius 1 is 1.25 bits per heavy atom. The Labute approximate surface area is 71.9 Å². The Morgan fingerprint density at radius 3 is 2.17 bits per heavy atom. The van der Waals surface area contributed by atoms with E-state index < -0.39 is 10.0 Å². The second kappa shape index (κ2) is 3.20. The standard InChI is InChI=1S/C7H10N2O2S/c1-9(2)12(10,11)7-3-5-8-6-4-7/h3-6H,1-2H3. The Bertz CT molecular complexity index is 345. The summed E-state index contributed by atoms with van der Waals surface area (Å²) in [6.07, 6.45) is 2.91. The van der Waals surface area contributed by atoms with E-state index in [2.05, 4.69) is 4.98 Å². The van der Waals surface area contributed by atoms with Crippen LogP contribution in [0.2, 0.25) is 0 Å². The third kappa shape index (κ3) is 1.62. The number of pyridine rings is 1. The van der Waals surface area contributed by atoms with Crippen LogP contribution in [-0.4, -0.2) is 31.8 Å². The first-order valence-electron chi connectivity index (χ1n) is 3.37. The molecule has 12 heavy (non-hydrogen) atoms. The topological polar surface area (TPSA) is 50.3 Å². The molecule has 0 radical (unpaired) electrons. The maximum Gasteiger partial charge on any atom is 0.242 e. The van der Waals surface area contributed by atoms with Crippen LogP contribution in [0.5, 0.6) is 0 Å². The largest absolute Gasteiger partial charge is 0.265 e. The Kier molecular flexibility index (Phi) is 2.44. The third-order valence-electron chi connectivity index (χ3n) is 1.43. The highest BCUT2D eigenvalue weighted by Gasteiger charge is 2.15. The summed E-state index contributed by atoms with van der Waals surface area (Å²) in [5, 5.41) is 0. The molecule has 4 nitrogen and oxygen atoms in total. The van der Waals surface area contributed by atoms with Crippen LogP contribution in [0.25, 0.3) is 0 Å². The van der Waals surface area contributed by atoms with Crippen molar-refractivity contribution in [3.63, 3.8) is 0 Å². The van der Waals surface area contributed by atoms with Gasteiger partial charge in [0, 0.05) is 26.5 Å². The molecule has 0 spiro atoms. The van der Waals surface area contributed by atoms with Gasteiger partial charge in [0.05, 0.1) is 4.90 Å². The van der Waals surface area contributed by atoms with E-state index in [9.17, 15) is 8.42 Å². The minimum absolute atomic E-state index is 0.266. The van der Waals surface area contributed by atoms with Crippen LogP contribution >= 0.6 is 0 Å². The number of aromatic nitrogens is 1. The van der Waals surface area contributed by atoms with Gasteiger partial charge in [0.2, 0.25) is 10.0 Å². The minimum Gasteiger partial charge on any atom is -0.265 e. The highest BCUT2D eigenvalue weighted by molar-refractivity contribution is 7.89. The molecule has 5 heteroatoms. The van der Waals surface area contributed by atoms with E-state index in [4.69, 9.17) is 0 Å². The summed E-state index contributed by atoms with van der Waals surface area (Å²) in [7, 11) is -0.292. The van der Waals surface area contributed by atoms with Crippen molar-refractivity contribution < 1.29 is 8.42 Å². The summed E-state index contributed by atoms with van der Waals surface area (Å²) in [6, 6.07) is 2.94. The smallest absolute Gasteiger partial charge is 0.242 e. The zero-order valence-corrected chi connectivity index (χ0v) is 7.75. The van der Waals surface area contributed by atoms with Crippen molar-refractivity contribution in [1.82, 2.24) is 9.29 Å². The van der Waals surface area contributed by atoms with Gasteiger partial charge in [-0.15, -0.1) is 0 Å². The predicted octanol–water partition coefficient (Wildman–Crippen LogP) is 0.332. The molecular weight excluding hydrogens is 176 g/mol. The van der Waals surface area contributed by atoms with Gasteiger partial charge in [-0.05, 0) is 12.1 Å². The van der Waals surface area contributed by atoms with Crippen molar-refractivity contribution >= 4 is 10.0 Å². The minimum atomic E-state index is -3.28. The summed E-state index contributed by atoms with van der Waals surface area (Å²) in [5.74, 6) is 0. The van der Waals surface area contributed by atoms with Crippen molar-refractivity contribution in [3.05, 3.63) is 24.5 Å². The molecule has 0 aromatic carbocycles. The van der Waals surface area contributed by atoms with Gasteiger partial charge in [0.15, 0.2) is 0 Å². The van der Waals surface area contributed by atoms with E-state index in [0.29, 0.717) is 0 Å². The molecule has 66 valence electrons. The quantitative estimate of drug-likeness (QED) is 0.669. The SMILES string of the molecule is CN(C)S(=O)(=O)c1ccncc1. The van der Waals surface area contributed by atoms with Crippen LogP contribution in [0.3, 0.4) is 0 Å². The highest BCUT2D eigenvalue weighted by atomic mass is 32.2. The summed E-state index contributed by atoms with van der Waals surface area (Å²) in [6.45, 7) is 0. The summed E-state index contributed by atoms with van der Waals surface area (Å²) < 4.78 is 24.0. The molecule has 0 aliphatic heterocycles. The maximum absolute atomic E-state index is 11.4. The van der Waals surface area contributed by atoms with Crippen molar-refractivity contribution in [3.8, 4) is 0 Å². The molecule has 0 fully saturated rings. The molecular formula is C7H10N2O2S. The van der Waals surface area contributed by atoms with Gasteiger partial charge < -0.3 is 0 Å². The molecule has 0 N–H and O–H groups in total. The highest BCUT2D eigenvalue weighted by Crippen LogP contribution is 2.09. The van der Waals surface area contributed by atoms with Crippen LogP contribution in [-0.2, 0) is 10.0 Å². The fourth-order valence-corrected chi connectivity index (χ4v) is 1.61. The number of hydrogen-bond donors (Lipinski definition) is 0. The summed E-state index contributed by atoms with van der Waals surface area (Å²) in [5.41, 5.74) is 0. The molecule has 0 atom stereocenters. The van der Waals surface area contributed by atoms with Crippen LogP contribution < -0.4 is 0 Å². The van der Waals surface area contributed by atoms with Gasteiger partial charge in [-0.25, -0.2) is 12.7 Å². The molecule has 0 aliphatic carbocycles. The van der Waals surface area contributed by atoms with Crippen molar-refractivity contribution in [2.24, 2.45) is 0 Å². The normalized spacial score (nSPS) is 11.9. The van der Waals surface area contributed by atoms with Gasteiger partial charge in [0.25, 0.3) is 0 Å². The van der Waals surface area contributed by atoms with Crippen LogP contribution in [0.4, 0.5) is 0 Å². The maximum atomic E-state index is 11.4. The average molecular weight is 186 g/mol. The average Bonchev–Trinajstić information content (AvgIpc) is 2.06. The second-order valence-electron chi connectivity index (χ2n) is 2.47. The first kappa shape index (κ1) is 9.15. The predicted molar refractivity (Wildman–Crippen MR) is 45.1 cm³/mol. The molecule has 1 aromatic rings. The van der Waals surface area contributed by atoms with Crippen LogP contribution in [0, 0.1) is 0 Å². The Balaban J connectivity index is 3.17. The zero-order chi connectivity index (χ0) is 9.19. The molecule has 1 heterocycles. The van der Waals surface area contributed by atoms with Crippen molar-refractivity contribution in [1.29, 1.82) is 0 Å². The Hall–Kier alpha value is -0.940. The van der Waals surface area contributed by atoms with Gasteiger partial charge in [0.1, 0.15) is 0 Å².